The van der Waals surface area contributed by atoms with Crippen LogP contribution in [-0.2, 0) is 9.47 Å². The number of hydrogen-bond acceptors (Lipinski definition) is 4. The van der Waals surface area contributed by atoms with Gasteiger partial charge in [0.05, 0.1) is 12.2 Å². The van der Waals surface area contributed by atoms with Crippen molar-refractivity contribution >= 4 is 12.1 Å². The number of carbonyl (C=O) groups excluding carboxylic acids is 2. The Morgan fingerprint density at radius 3 is 2.54 bits per heavy atom. The first kappa shape index (κ1) is 18.3. The summed E-state index contributed by atoms with van der Waals surface area (Å²) in [7, 11) is 0. The van der Waals surface area contributed by atoms with Crippen LogP contribution in [0.25, 0.3) is 0 Å². The van der Waals surface area contributed by atoms with Gasteiger partial charge in [-0.3, -0.25) is 0 Å². The summed E-state index contributed by atoms with van der Waals surface area (Å²) in [4.78, 5) is 23.9. The average molecular weight is 333 g/mol. The molecule has 0 spiro atoms. The van der Waals surface area contributed by atoms with Crippen molar-refractivity contribution in [3.05, 3.63) is 35.9 Å². The molecular weight excluding hydrogens is 306 g/mol. The van der Waals surface area contributed by atoms with Crippen molar-refractivity contribution in [2.24, 2.45) is 5.92 Å². The van der Waals surface area contributed by atoms with Crippen LogP contribution in [0.3, 0.4) is 0 Å². The third-order valence-corrected chi connectivity index (χ3v) is 3.96. The smallest absolute Gasteiger partial charge is 0.407 e. The molecule has 1 saturated carbocycles. The zero-order valence-corrected chi connectivity index (χ0v) is 14.7. The van der Waals surface area contributed by atoms with Gasteiger partial charge in [0.2, 0.25) is 0 Å². The highest BCUT2D eigenvalue weighted by Crippen LogP contribution is 2.25. The standard InChI is InChI=1S/C19H27NO4/c1-19(2,3)24-18(22)20-16-11-7-8-14(12-16)13-23-17(21)15-9-5-4-6-10-15/h4-6,9-10,14,16H,7-8,11-13H2,1-3H3,(H,20,22). The molecule has 0 heterocycles. The van der Waals surface area contributed by atoms with Gasteiger partial charge in [-0.25, -0.2) is 9.59 Å². The first-order valence-electron chi connectivity index (χ1n) is 8.55. The van der Waals surface area contributed by atoms with Gasteiger partial charge >= 0.3 is 12.1 Å². The lowest BCUT2D eigenvalue weighted by molar-refractivity contribution is 0.0357. The van der Waals surface area contributed by atoms with Gasteiger partial charge in [0.1, 0.15) is 5.60 Å². The monoisotopic (exact) mass is 333 g/mol. The number of amides is 1. The highest BCUT2D eigenvalue weighted by atomic mass is 16.6. The molecule has 0 aromatic heterocycles. The van der Waals surface area contributed by atoms with Crippen LogP contribution in [-0.4, -0.2) is 30.3 Å². The van der Waals surface area contributed by atoms with Crippen LogP contribution in [0.2, 0.25) is 0 Å². The van der Waals surface area contributed by atoms with Crippen LogP contribution in [0.1, 0.15) is 56.8 Å². The zero-order valence-electron chi connectivity index (χ0n) is 14.7. The minimum atomic E-state index is -0.497. The van der Waals surface area contributed by atoms with E-state index in [-0.39, 0.29) is 24.0 Å². The van der Waals surface area contributed by atoms with Gasteiger partial charge in [-0.2, -0.15) is 0 Å². The van der Waals surface area contributed by atoms with Crippen molar-refractivity contribution in [1.82, 2.24) is 5.32 Å². The molecule has 0 saturated heterocycles. The van der Waals surface area contributed by atoms with E-state index in [9.17, 15) is 9.59 Å². The van der Waals surface area contributed by atoms with E-state index in [1.807, 2.05) is 39.0 Å². The SMILES string of the molecule is CC(C)(C)OC(=O)NC1CCCC(COC(=O)c2ccccc2)C1. The zero-order chi connectivity index (χ0) is 17.6. The van der Waals surface area contributed by atoms with Crippen LogP contribution >= 0.6 is 0 Å². The van der Waals surface area contributed by atoms with E-state index >= 15 is 0 Å². The largest absolute Gasteiger partial charge is 0.462 e. The Kier molecular flexibility index (Phi) is 6.23. The van der Waals surface area contributed by atoms with Crippen molar-refractivity contribution in [2.45, 2.75) is 58.1 Å². The van der Waals surface area contributed by atoms with Crippen molar-refractivity contribution in [1.29, 1.82) is 0 Å². The number of benzene rings is 1. The molecule has 1 aromatic rings. The van der Waals surface area contributed by atoms with Crippen LogP contribution in [0.15, 0.2) is 30.3 Å². The molecule has 1 aliphatic rings. The van der Waals surface area contributed by atoms with Gasteiger partial charge in [0.15, 0.2) is 0 Å². The molecule has 2 rings (SSSR count). The lowest BCUT2D eigenvalue weighted by Gasteiger charge is -2.30. The Labute approximate surface area is 143 Å². The van der Waals surface area contributed by atoms with E-state index in [2.05, 4.69) is 5.32 Å². The molecule has 1 aliphatic carbocycles. The summed E-state index contributed by atoms with van der Waals surface area (Å²) >= 11 is 0. The molecule has 132 valence electrons. The third kappa shape index (κ3) is 6.22. The minimum absolute atomic E-state index is 0.0778. The minimum Gasteiger partial charge on any atom is -0.462 e. The van der Waals surface area contributed by atoms with E-state index in [4.69, 9.17) is 9.47 Å². The first-order chi connectivity index (χ1) is 11.3. The normalized spacial score (nSPS) is 21.0. The molecule has 5 nitrogen and oxygen atoms in total. The second kappa shape index (κ2) is 8.18. The van der Waals surface area contributed by atoms with Gasteiger partial charge in [-0.1, -0.05) is 24.6 Å². The van der Waals surface area contributed by atoms with Crippen LogP contribution in [0.5, 0.6) is 0 Å². The van der Waals surface area contributed by atoms with Crippen LogP contribution in [0.4, 0.5) is 4.79 Å². The van der Waals surface area contributed by atoms with Gasteiger partial charge < -0.3 is 14.8 Å². The lowest BCUT2D eigenvalue weighted by Crippen LogP contribution is -2.42. The molecule has 0 radical (unpaired) electrons. The van der Waals surface area contributed by atoms with Crippen molar-refractivity contribution in [3.8, 4) is 0 Å². The molecule has 5 heteroatoms. The quantitative estimate of drug-likeness (QED) is 0.848. The maximum Gasteiger partial charge on any atom is 0.407 e. The first-order valence-corrected chi connectivity index (χ1v) is 8.55. The maximum absolute atomic E-state index is 12.0. The maximum atomic E-state index is 12.0. The summed E-state index contributed by atoms with van der Waals surface area (Å²) in [5.41, 5.74) is 0.0698. The predicted octanol–water partition coefficient (Wildman–Crippen LogP) is 3.93. The summed E-state index contributed by atoms with van der Waals surface area (Å²) in [5, 5.41) is 2.92. The summed E-state index contributed by atoms with van der Waals surface area (Å²) < 4.78 is 10.7. The number of nitrogens with one attached hydrogen (secondary N) is 1. The number of esters is 1. The Morgan fingerprint density at radius 1 is 1.17 bits per heavy atom. The Balaban J connectivity index is 1.77. The second-order valence-electron chi connectivity index (χ2n) is 7.34. The summed E-state index contributed by atoms with van der Waals surface area (Å²) in [5.74, 6) is -0.0239. The molecule has 2 atom stereocenters. The Bertz CT molecular complexity index is 550. The molecule has 2 unspecified atom stereocenters. The Morgan fingerprint density at radius 2 is 1.88 bits per heavy atom. The van der Waals surface area contributed by atoms with E-state index in [1.54, 1.807) is 12.1 Å². The predicted molar refractivity (Wildman–Crippen MR) is 91.8 cm³/mol. The van der Waals surface area contributed by atoms with Crippen molar-refractivity contribution in [2.75, 3.05) is 6.61 Å². The van der Waals surface area contributed by atoms with Gasteiger partial charge in [-0.05, 0) is 58.1 Å². The number of alkyl carbamates (subject to hydrolysis) is 1. The number of rotatable bonds is 4. The third-order valence-electron chi connectivity index (χ3n) is 3.96. The molecule has 24 heavy (non-hydrogen) atoms. The number of ether oxygens (including phenoxy) is 2. The van der Waals surface area contributed by atoms with Crippen molar-refractivity contribution < 1.29 is 19.1 Å². The van der Waals surface area contributed by atoms with Crippen LogP contribution < -0.4 is 5.32 Å². The number of carbonyl (C=O) groups is 2. The highest BCUT2D eigenvalue weighted by molar-refractivity contribution is 5.89. The highest BCUT2D eigenvalue weighted by Gasteiger charge is 2.26. The molecular formula is C19H27NO4. The summed E-state index contributed by atoms with van der Waals surface area (Å²) in [6.07, 6.45) is 3.38. The topological polar surface area (TPSA) is 64.6 Å². The van der Waals surface area contributed by atoms with E-state index in [0.717, 1.165) is 25.7 Å². The molecule has 0 bridgehead atoms. The van der Waals surface area contributed by atoms with Gasteiger partial charge in [-0.15, -0.1) is 0 Å². The fourth-order valence-electron chi connectivity index (χ4n) is 2.90. The summed E-state index contributed by atoms with van der Waals surface area (Å²) in [6, 6.07) is 9.07. The molecule has 1 N–H and O–H groups in total. The fourth-order valence-corrected chi connectivity index (χ4v) is 2.90. The molecule has 1 fully saturated rings. The lowest BCUT2D eigenvalue weighted by atomic mass is 9.86. The summed E-state index contributed by atoms with van der Waals surface area (Å²) in [6.45, 7) is 5.93. The molecule has 1 amide bonds. The Hall–Kier alpha value is -2.04. The second-order valence-corrected chi connectivity index (χ2v) is 7.34. The van der Waals surface area contributed by atoms with Crippen LogP contribution in [0, 0.1) is 5.92 Å². The van der Waals surface area contributed by atoms with E-state index in [1.165, 1.54) is 0 Å². The molecule has 1 aromatic carbocycles. The molecule has 0 aliphatic heterocycles. The van der Waals surface area contributed by atoms with E-state index in [0.29, 0.717) is 12.2 Å². The number of hydrogen-bond donors (Lipinski definition) is 1. The van der Waals surface area contributed by atoms with Gasteiger partial charge in [0.25, 0.3) is 0 Å². The fraction of sp³-hybridized carbons (Fsp3) is 0.579. The van der Waals surface area contributed by atoms with Crippen molar-refractivity contribution in [3.63, 3.8) is 0 Å². The van der Waals surface area contributed by atoms with Gasteiger partial charge in [0, 0.05) is 6.04 Å². The van der Waals surface area contributed by atoms with E-state index < -0.39 is 5.60 Å². The average Bonchev–Trinajstić information content (AvgIpc) is 2.52.